The molecule has 1 fully saturated rings. The monoisotopic (exact) mass is 390 g/mol. The molecule has 6 heteroatoms. The predicted molar refractivity (Wildman–Crippen MR) is 109 cm³/mol. The molecule has 1 aromatic heterocycles. The normalized spacial score (nSPS) is 21.0. The summed E-state index contributed by atoms with van der Waals surface area (Å²) in [5.41, 5.74) is 0.141. The van der Waals surface area contributed by atoms with E-state index in [2.05, 4.69) is 11.8 Å². The number of hydrogen-bond donors (Lipinski definition) is 1. The van der Waals surface area contributed by atoms with Crippen molar-refractivity contribution in [3.8, 4) is 11.5 Å². The second kappa shape index (κ2) is 9.04. The van der Waals surface area contributed by atoms with Gasteiger partial charge in [-0.3, -0.25) is 0 Å². The van der Waals surface area contributed by atoms with E-state index >= 15 is 0 Å². The highest BCUT2D eigenvalue weighted by molar-refractivity contribution is 7.11. The van der Waals surface area contributed by atoms with Crippen LogP contribution >= 0.6 is 11.3 Å². The van der Waals surface area contributed by atoms with Gasteiger partial charge in [-0.15, -0.1) is 11.3 Å². The Morgan fingerprint density at radius 3 is 2.63 bits per heavy atom. The minimum Gasteiger partial charge on any atom is -0.497 e. The van der Waals surface area contributed by atoms with Crippen LogP contribution in [0.1, 0.15) is 48.2 Å². The molecule has 0 amide bonds. The Bertz CT molecular complexity index is 732. The Hall–Kier alpha value is -1.63. The van der Waals surface area contributed by atoms with E-state index < -0.39 is 5.60 Å². The highest BCUT2D eigenvalue weighted by Crippen LogP contribution is 2.36. The van der Waals surface area contributed by atoms with Gasteiger partial charge in [-0.05, 0) is 70.0 Å². The summed E-state index contributed by atoms with van der Waals surface area (Å²) in [7, 11) is 1.65. The van der Waals surface area contributed by atoms with Gasteiger partial charge in [-0.2, -0.15) is 0 Å². The Morgan fingerprint density at radius 1 is 1.19 bits per heavy atom. The first-order chi connectivity index (χ1) is 13.0. The number of nitrogens with zero attached hydrogens (tertiary/aromatic N) is 2. The molecular formula is C21H30N2O3S. The largest absolute Gasteiger partial charge is 0.497 e. The SMILES string of the molecule is CCCN1CCC[C@@](O)(c2nc(C)c(COc3ccc(OC)cc3)s2)CC1. The van der Waals surface area contributed by atoms with Gasteiger partial charge in [0.15, 0.2) is 0 Å². The van der Waals surface area contributed by atoms with E-state index in [-0.39, 0.29) is 0 Å². The number of aromatic nitrogens is 1. The minimum absolute atomic E-state index is 0.466. The van der Waals surface area contributed by atoms with Crippen molar-refractivity contribution in [2.45, 2.75) is 51.7 Å². The molecule has 2 aromatic rings. The molecule has 1 N–H and O–H groups in total. The average Bonchev–Trinajstić information content (AvgIpc) is 2.95. The smallest absolute Gasteiger partial charge is 0.125 e. The Kier molecular flexibility index (Phi) is 6.73. The first kappa shape index (κ1) is 20.1. The van der Waals surface area contributed by atoms with Gasteiger partial charge in [0, 0.05) is 6.54 Å². The highest BCUT2D eigenvalue weighted by atomic mass is 32.1. The summed E-state index contributed by atoms with van der Waals surface area (Å²) in [4.78, 5) is 8.23. The summed E-state index contributed by atoms with van der Waals surface area (Å²) in [6.07, 6.45) is 3.69. The third-order valence-corrected chi connectivity index (χ3v) is 6.49. The number of aryl methyl sites for hydroxylation is 1. The molecule has 1 aromatic carbocycles. The van der Waals surface area contributed by atoms with Crippen molar-refractivity contribution in [3.63, 3.8) is 0 Å². The van der Waals surface area contributed by atoms with Crippen molar-refractivity contribution in [1.82, 2.24) is 9.88 Å². The zero-order chi connectivity index (χ0) is 19.3. The van der Waals surface area contributed by atoms with Gasteiger partial charge in [0.2, 0.25) is 0 Å². The number of benzene rings is 1. The first-order valence-corrected chi connectivity index (χ1v) is 10.5. The lowest BCUT2D eigenvalue weighted by Gasteiger charge is -2.24. The Morgan fingerprint density at radius 2 is 1.93 bits per heavy atom. The van der Waals surface area contributed by atoms with Crippen LogP contribution in [-0.4, -0.2) is 41.7 Å². The molecule has 2 heterocycles. The van der Waals surface area contributed by atoms with Crippen molar-refractivity contribution in [2.24, 2.45) is 0 Å². The molecular weight excluding hydrogens is 360 g/mol. The zero-order valence-corrected chi connectivity index (χ0v) is 17.3. The van der Waals surface area contributed by atoms with Gasteiger partial charge in [0.1, 0.15) is 28.7 Å². The molecule has 1 aliphatic rings. The average molecular weight is 391 g/mol. The summed E-state index contributed by atoms with van der Waals surface area (Å²) in [5, 5.41) is 12.1. The van der Waals surface area contributed by atoms with Gasteiger partial charge in [-0.1, -0.05) is 6.92 Å². The van der Waals surface area contributed by atoms with Crippen LogP contribution in [0.2, 0.25) is 0 Å². The van der Waals surface area contributed by atoms with Crippen molar-refractivity contribution < 1.29 is 14.6 Å². The molecule has 0 bridgehead atoms. The number of likely N-dealkylation sites (tertiary alicyclic amines) is 1. The van der Waals surface area contributed by atoms with Crippen molar-refractivity contribution >= 4 is 11.3 Å². The molecule has 1 aliphatic heterocycles. The second-order valence-electron chi connectivity index (χ2n) is 7.22. The van der Waals surface area contributed by atoms with Crippen LogP contribution < -0.4 is 9.47 Å². The second-order valence-corrected chi connectivity index (χ2v) is 8.30. The maximum Gasteiger partial charge on any atom is 0.125 e. The van der Waals surface area contributed by atoms with E-state index in [1.807, 2.05) is 31.2 Å². The predicted octanol–water partition coefficient (Wildman–Crippen LogP) is 4.12. The fourth-order valence-electron chi connectivity index (χ4n) is 3.51. The van der Waals surface area contributed by atoms with Gasteiger partial charge in [0.25, 0.3) is 0 Å². The third kappa shape index (κ3) is 5.00. The summed E-state index contributed by atoms with van der Waals surface area (Å²) < 4.78 is 11.1. The Labute approximate surface area is 166 Å². The van der Waals surface area contributed by atoms with Crippen molar-refractivity contribution in [2.75, 3.05) is 26.7 Å². The zero-order valence-electron chi connectivity index (χ0n) is 16.5. The fourth-order valence-corrected chi connectivity index (χ4v) is 4.63. The number of ether oxygens (including phenoxy) is 2. The molecule has 3 rings (SSSR count). The van der Waals surface area contributed by atoms with Gasteiger partial charge in [-0.25, -0.2) is 4.98 Å². The van der Waals surface area contributed by atoms with Crippen LogP contribution in [-0.2, 0) is 12.2 Å². The van der Waals surface area contributed by atoms with Crippen LogP contribution in [0.25, 0.3) is 0 Å². The Balaban J connectivity index is 1.66. The van der Waals surface area contributed by atoms with Gasteiger partial charge < -0.3 is 19.5 Å². The number of aliphatic hydroxyl groups is 1. The lowest BCUT2D eigenvalue weighted by Crippen LogP contribution is -2.29. The topological polar surface area (TPSA) is 54.8 Å². The third-order valence-electron chi connectivity index (χ3n) is 5.17. The summed E-state index contributed by atoms with van der Waals surface area (Å²) in [6.45, 7) is 7.77. The molecule has 0 radical (unpaired) electrons. The molecule has 148 valence electrons. The molecule has 1 saturated heterocycles. The van der Waals surface area contributed by atoms with Crippen LogP contribution in [0.15, 0.2) is 24.3 Å². The van der Waals surface area contributed by atoms with E-state index in [9.17, 15) is 5.11 Å². The summed E-state index contributed by atoms with van der Waals surface area (Å²) in [6, 6.07) is 7.57. The maximum atomic E-state index is 11.3. The van der Waals surface area contributed by atoms with E-state index in [1.54, 1.807) is 18.4 Å². The lowest BCUT2D eigenvalue weighted by atomic mass is 9.96. The maximum absolute atomic E-state index is 11.3. The quantitative estimate of drug-likeness (QED) is 0.771. The van der Waals surface area contributed by atoms with Crippen molar-refractivity contribution in [3.05, 3.63) is 39.8 Å². The lowest BCUT2D eigenvalue weighted by molar-refractivity contribution is 0.0209. The molecule has 0 spiro atoms. The van der Waals surface area contributed by atoms with Gasteiger partial charge >= 0.3 is 0 Å². The van der Waals surface area contributed by atoms with Crippen molar-refractivity contribution in [1.29, 1.82) is 0 Å². The molecule has 5 nitrogen and oxygen atoms in total. The van der Waals surface area contributed by atoms with Gasteiger partial charge in [0.05, 0.1) is 17.7 Å². The van der Waals surface area contributed by atoms with Crippen LogP contribution in [0.4, 0.5) is 0 Å². The number of hydrogen-bond acceptors (Lipinski definition) is 6. The molecule has 1 atom stereocenters. The first-order valence-electron chi connectivity index (χ1n) is 9.72. The van der Waals surface area contributed by atoms with E-state index in [4.69, 9.17) is 14.5 Å². The fraction of sp³-hybridized carbons (Fsp3) is 0.571. The van der Waals surface area contributed by atoms with Crippen LogP contribution in [0, 0.1) is 6.92 Å². The van der Waals surface area contributed by atoms with E-state index in [0.29, 0.717) is 6.61 Å². The molecule has 0 saturated carbocycles. The van der Waals surface area contributed by atoms with Crippen LogP contribution in [0.3, 0.4) is 0 Å². The van der Waals surface area contributed by atoms with E-state index in [0.717, 1.165) is 72.4 Å². The molecule has 0 aliphatic carbocycles. The minimum atomic E-state index is -0.809. The standard InChI is InChI=1S/C21H30N2O3S/c1-4-12-23-13-5-10-21(24,11-14-23)20-22-16(2)19(27-20)15-26-18-8-6-17(25-3)7-9-18/h6-9,24H,4-5,10-15H2,1-3H3/t21-/m0/s1. The highest BCUT2D eigenvalue weighted by Gasteiger charge is 2.35. The number of rotatable bonds is 7. The summed E-state index contributed by atoms with van der Waals surface area (Å²) in [5.74, 6) is 1.61. The van der Waals surface area contributed by atoms with Crippen LogP contribution in [0.5, 0.6) is 11.5 Å². The molecule has 27 heavy (non-hydrogen) atoms. The van der Waals surface area contributed by atoms with E-state index in [1.165, 1.54) is 0 Å². The number of methoxy groups -OCH3 is 1. The summed E-state index contributed by atoms with van der Waals surface area (Å²) >= 11 is 1.59. The number of thiazole rings is 1. The molecule has 0 unspecified atom stereocenters.